The fourth-order valence-electron chi connectivity index (χ4n) is 1.96. The van der Waals surface area contributed by atoms with Crippen molar-refractivity contribution in [1.29, 1.82) is 0 Å². The first-order valence-electron chi connectivity index (χ1n) is 6.88. The standard InChI is InChI=1S/C15H24N4/c1-15(2,3)17-11-14-5-9-18(12-14)7-4-8-19-10-6-16-13-19/h5-6,9-10,12-13,17H,4,7-8,11H2,1-3H3. The van der Waals surface area contributed by atoms with Crippen molar-refractivity contribution in [2.24, 2.45) is 0 Å². The number of nitrogens with zero attached hydrogens (tertiary/aromatic N) is 3. The lowest BCUT2D eigenvalue weighted by Crippen LogP contribution is -2.34. The van der Waals surface area contributed by atoms with Crippen LogP contribution in [0.2, 0.25) is 0 Å². The van der Waals surface area contributed by atoms with Crippen LogP contribution in [-0.2, 0) is 19.6 Å². The molecule has 0 unspecified atom stereocenters. The Morgan fingerprint density at radius 2 is 1.95 bits per heavy atom. The highest BCUT2D eigenvalue weighted by atomic mass is 15.0. The van der Waals surface area contributed by atoms with Crippen molar-refractivity contribution in [2.75, 3.05) is 0 Å². The van der Waals surface area contributed by atoms with Gasteiger partial charge in [-0.15, -0.1) is 0 Å². The van der Waals surface area contributed by atoms with E-state index in [1.54, 1.807) is 0 Å². The number of nitrogens with one attached hydrogen (secondary N) is 1. The summed E-state index contributed by atoms with van der Waals surface area (Å²) in [4.78, 5) is 4.05. The number of aromatic nitrogens is 3. The molecular weight excluding hydrogens is 236 g/mol. The van der Waals surface area contributed by atoms with Crippen LogP contribution in [0.25, 0.3) is 0 Å². The summed E-state index contributed by atoms with van der Waals surface area (Å²) in [5.41, 5.74) is 1.52. The fraction of sp³-hybridized carbons (Fsp3) is 0.533. The predicted octanol–water partition coefficient (Wildman–Crippen LogP) is 2.66. The molecule has 4 nitrogen and oxygen atoms in total. The quantitative estimate of drug-likeness (QED) is 0.866. The summed E-state index contributed by atoms with van der Waals surface area (Å²) < 4.78 is 4.38. The summed E-state index contributed by atoms with van der Waals surface area (Å²) in [5.74, 6) is 0. The number of rotatable bonds is 6. The molecule has 4 heteroatoms. The summed E-state index contributed by atoms with van der Waals surface area (Å²) in [6.45, 7) is 9.57. The molecular formula is C15H24N4. The molecule has 0 bridgehead atoms. The van der Waals surface area contributed by atoms with Crippen LogP contribution in [0.5, 0.6) is 0 Å². The second-order valence-corrected chi connectivity index (χ2v) is 6.02. The van der Waals surface area contributed by atoms with E-state index in [0.29, 0.717) is 0 Å². The van der Waals surface area contributed by atoms with E-state index >= 15 is 0 Å². The minimum absolute atomic E-state index is 0.170. The highest BCUT2D eigenvalue weighted by molar-refractivity contribution is 5.10. The van der Waals surface area contributed by atoms with Gasteiger partial charge < -0.3 is 14.5 Å². The summed E-state index contributed by atoms with van der Waals surface area (Å²) in [7, 11) is 0. The van der Waals surface area contributed by atoms with Gasteiger partial charge in [0.1, 0.15) is 0 Å². The average Bonchev–Trinajstić information content (AvgIpc) is 2.97. The van der Waals surface area contributed by atoms with E-state index < -0.39 is 0 Å². The van der Waals surface area contributed by atoms with Gasteiger partial charge in [0.2, 0.25) is 0 Å². The smallest absolute Gasteiger partial charge is 0.0945 e. The molecule has 0 saturated heterocycles. The average molecular weight is 260 g/mol. The Balaban J connectivity index is 1.74. The number of hydrogen-bond donors (Lipinski definition) is 1. The Hall–Kier alpha value is -1.55. The van der Waals surface area contributed by atoms with E-state index in [9.17, 15) is 0 Å². The predicted molar refractivity (Wildman–Crippen MR) is 77.9 cm³/mol. The van der Waals surface area contributed by atoms with Gasteiger partial charge in [0, 0.05) is 50.0 Å². The SMILES string of the molecule is CC(C)(C)NCc1ccn(CCCn2ccnc2)c1. The second-order valence-electron chi connectivity index (χ2n) is 6.02. The first kappa shape index (κ1) is 13.9. The molecule has 2 aromatic rings. The van der Waals surface area contributed by atoms with Gasteiger partial charge >= 0.3 is 0 Å². The Bertz CT molecular complexity index is 476. The first-order valence-corrected chi connectivity index (χ1v) is 6.88. The van der Waals surface area contributed by atoms with Crippen LogP contribution in [0, 0.1) is 0 Å². The minimum atomic E-state index is 0.170. The summed E-state index contributed by atoms with van der Waals surface area (Å²) in [5, 5.41) is 3.50. The monoisotopic (exact) mass is 260 g/mol. The Morgan fingerprint density at radius 3 is 2.63 bits per heavy atom. The van der Waals surface area contributed by atoms with E-state index in [2.05, 4.69) is 58.7 Å². The topological polar surface area (TPSA) is 34.8 Å². The molecule has 0 atom stereocenters. The number of hydrogen-bond acceptors (Lipinski definition) is 2. The largest absolute Gasteiger partial charge is 0.354 e. The first-order chi connectivity index (χ1) is 9.03. The van der Waals surface area contributed by atoms with E-state index in [1.807, 2.05) is 18.7 Å². The van der Waals surface area contributed by atoms with E-state index in [1.165, 1.54) is 5.56 Å². The highest BCUT2D eigenvalue weighted by Gasteiger charge is 2.08. The highest BCUT2D eigenvalue weighted by Crippen LogP contribution is 2.06. The second kappa shape index (κ2) is 6.06. The fourth-order valence-corrected chi connectivity index (χ4v) is 1.96. The van der Waals surface area contributed by atoms with E-state index in [4.69, 9.17) is 0 Å². The third kappa shape index (κ3) is 4.91. The minimum Gasteiger partial charge on any atom is -0.354 e. The van der Waals surface area contributed by atoms with Crippen molar-refractivity contribution in [1.82, 2.24) is 19.4 Å². The van der Waals surface area contributed by atoms with Crippen molar-refractivity contribution in [3.8, 4) is 0 Å². The molecule has 1 N–H and O–H groups in total. The van der Waals surface area contributed by atoms with Crippen LogP contribution in [-0.4, -0.2) is 19.7 Å². The Morgan fingerprint density at radius 1 is 1.16 bits per heavy atom. The van der Waals surface area contributed by atoms with Crippen molar-refractivity contribution in [3.63, 3.8) is 0 Å². The van der Waals surface area contributed by atoms with Crippen LogP contribution < -0.4 is 5.32 Å². The van der Waals surface area contributed by atoms with Crippen LogP contribution >= 0.6 is 0 Å². The number of aryl methyl sites for hydroxylation is 2. The van der Waals surface area contributed by atoms with Crippen molar-refractivity contribution >= 4 is 0 Å². The molecule has 2 heterocycles. The maximum Gasteiger partial charge on any atom is 0.0945 e. The zero-order valence-corrected chi connectivity index (χ0v) is 12.1. The van der Waals surface area contributed by atoms with Crippen molar-refractivity contribution < 1.29 is 0 Å². The van der Waals surface area contributed by atoms with Crippen LogP contribution in [0.4, 0.5) is 0 Å². The van der Waals surface area contributed by atoms with Gasteiger partial charge in [-0.25, -0.2) is 4.98 Å². The molecule has 2 aromatic heterocycles. The van der Waals surface area contributed by atoms with Gasteiger partial charge in [0.05, 0.1) is 6.33 Å². The number of imidazole rings is 1. The molecule has 19 heavy (non-hydrogen) atoms. The molecule has 104 valence electrons. The maximum absolute atomic E-state index is 4.05. The van der Waals surface area contributed by atoms with Crippen molar-refractivity contribution in [2.45, 2.75) is 52.4 Å². The van der Waals surface area contributed by atoms with Gasteiger partial charge in [0.25, 0.3) is 0 Å². The summed E-state index contributed by atoms with van der Waals surface area (Å²) in [6, 6.07) is 2.19. The van der Waals surface area contributed by atoms with Crippen LogP contribution in [0.1, 0.15) is 32.8 Å². The third-order valence-corrected chi connectivity index (χ3v) is 3.03. The molecule has 0 fully saturated rings. The maximum atomic E-state index is 4.05. The zero-order chi connectivity index (χ0) is 13.7. The van der Waals surface area contributed by atoms with Gasteiger partial charge in [-0.05, 0) is 38.8 Å². The van der Waals surface area contributed by atoms with Crippen molar-refractivity contribution in [3.05, 3.63) is 42.7 Å². The van der Waals surface area contributed by atoms with Gasteiger partial charge in [-0.1, -0.05) is 0 Å². The molecule has 0 aliphatic rings. The third-order valence-electron chi connectivity index (χ3n) is 3.03. The molecule has 0 amide bonds. The molecule has 0 aliphatic heterocycles. The summed E-state index contributed by atoms with van der Waals surface area (Å²) >= 11 is 0. The summed E-state index contributed by atoms with van der Waals surface area (Å²) in [6.07, 6.45) is 11.2. The molecule has 0 radical (unpaired) electrons. The van der Waals surface area contributed by atoms with Crippen LogP contribution in [0.15, 0.2) is 37.2 Å². The molecule has 0 aromatic carbocycles. The Labute approximate surface area is 115 Å². The van der Waals surface area contributed by atoms with Gasteiger partial charge in [0.15, 0.2) is 0 Å². The lowest BCUT2D eigenvalue weighted by atomic mass is 10.1. The normalized spacial score (nSPS) is 11.9. The van der Waals surface area contributed by atoms with Gasteiger partial charge in [-0.3, -0.25) is 0 Å². The lowest BCUT2D eigenvalue weighted by Gasteiger charge is -2.19. The van der Waals surface area contributed by atoms with E-state index in [0.717, 1.165) is 26.1 Å². The van der Waals surface area contributed by atoms with E-state index in [-0.39, 0.29) is 5.54 Å². The van der Waals surface area contributed by atoms with Gasteiger partial charge in [-0.2, -0.15) is 0 Å². The lowest BCUT2D eigenvalue weighted by molar-refractivity contribution is 0.424. The zero-order valence-electron chi connectivity index (χ0n) is 12.1. The molecule has 0 aliphatic carbocycles. The molecule has 0 spiro atoms. The van der Waals surface area contributed by atoms with Crippen LogP contribution in [0.3, 0.4) is 0 Å². The Kier molecular flexibility index (Phi) is 4.43. The molecule has 2 rings (SSSR count). The molecule has 0 saturated carbocycles.